The molecule has 2 rings (SSSR count). The van der Waals surface area contributed by atoms with E-state index in [1.807, 2.05) is 12.3 Å². The van der Waals surface area contributed by atoms with E-state index in [1.165, 1.54) is 0 Å². The summed E-state index contributed by atoms with van der Waals surface area (Å²) in [4.78, 5) is 8.88. The summed E-state index contributed by atoms with van der Waals surface area (Å²) in [5.74, 6) is 1.95. The van der Waals surface area contributed by atoms with Gasteiger partial charge in [0.2, 0.25) is 5.89 Å². The summed E-state index contributed by atoms with van der Waals surface area (Å²) >= 11 is 1.64. The molecule has 2 aromatic rings. The largest absolute Gasteiger partial charge is 0.339 e. The van der Waals surface area contributed by atoms with Crippen molar-refractivity contribution in [2.24, 2.45) is 5.92 Å². The van der Waals surface area contributed by atoms with Crippen molar-refractivity contribution in [3.8, 4) is 0 Å². The first-order valence-electron chi connectivity index (χ1n) is 7.04. The molecule has 1 atom stereocenters. The highest BCUT2D eigenvalue weighted by atomic mass is 32.1. The van der Waals surface area contributed by atoms with Gasteiger partial charge in [-0.1, -0.05) is 25.9 Å². The Bertz CT molecular complexity index is 535. The highest BCUT2D eigenvalue weighted by Crippen LogP contribution is 2.13. The summed E-state index contributed by atoms with van der Waals surface area (Å²) in [7, 11) is 0. The molecule has 0 radical (unpaired) electrons. The molecule has 0 amide bonds. The van der Waals surface area contributed by atoms with Crippen LogP contribution in [0, 0.1) is 12.8 Å². The molecule has 6 heteroatoms. The van der Waals surface area contributed by atoms with Gasteiger partial charge in [0.25, 0.3) is 0 Å². The van der Waals surface area contributed by atoms with Crippen LogP contribution in [-0.4, -0.2) is 27.7 Å². The monoisotopic (exact) mass is 294 g/mol. The van der Waals surface area contributed by atoms with E-state index < -0.39 is 0 Å². The van der Waals surface area contributed by atoms with Crippen molar-refractivity contribution in [3.63, 3.8) is 0 Å². The van der Waals surface area contributed by atoms with E-state index in [2.05, 4.69) is 41.2 Å². The minimum absolute atomic E-state index is 0.370. The predicted octanol–water partition coefficient (Wildman–Crippen LogP) is 2.60. The second-order valence-corrected chi connectivity index (χ2v) is 6.31. The Morgan fingerprint density at radius 2 is 2.15 bits per heavy atom. The minimum Gasteiger partial charge on any atom is -0.339 e. The third-order valence-electron chi connectivity index (χ3n) is 3.18. The molecule has 0 aliphatic heterocycles. The molecule has 0 fully saturated rings. The number of hydrogen-bond donors (Lipinski definition) is 1. The summed E-state index contributed by atoms with van der Waals surface area (Å²) in [6, 6.07) is 0.370. The fourth-order valence-electron chi connectivity index (χ4n) is 2.09. The molecule has 0 bridgehead atoms. The zero-order valence-electron chi connectivity index (χ0n) is 12.5. The summed E-state index contributed by atoms with van der Waals surface area (Å²) in [5, 5.41) is 10.6. The van der Waals surface area contributed by atoms with Crippen LogP contribution < -0.4 is 5.32 Å². The van der Waals surface area contributed by atoms with E-state index in [4.69, 9.17) is 4.52 Å². The molecule has 0 spiro atoms. The molecular formula is C14H22N4OS. The van der Waals surface area contributed by atoms with E-state index in [9.17, 15) is 0 Å². The maximum atomic E-state index is 5.35. The van der Waals surface area contributed by atoms with E-state index in [-0.39, 0.29) is 0 Å². The fraction of sp³-hybridized carbons (Fsp3) is 0.643. The Balaban J connectivity index is 1.97. The molecule has 110 valence electrons. The lowest BCUT2D eigenvalue weighted by Crippen LogP contribution is -2.35. The van der Waals surface area contributed by atoms with E-state index in [0.717, 1.165) is 23.7 Å². The van der Waals surface area contributed by atoms with Gasteiger partial charge in [-0.3, -0.25) is 0 Å². The number of aryl methyl sites for hydroxylation is 1. The third kappa shape index (κ3) is 4.11. The van der Waals surface area contributed by atoms with Crippen LogP contribution in [0.4, 0.5) is 0 Å². The standard InChI is InChI=1S/C14H22N4OS/c1-5-15-12(9(2)3)7-14-17-13(18-19-14)6-11-8-20-10(4)16-11/h8-9,12,15H,5-7H2,1-4H3. The molecule has 0 aliphatic carbocycles. The van der Waals surface area contributed by atoms with Gasteiger partial charge in [-0.15, -0.1) is 11.3 Å². The highest BCUT2D eigenvalue weighted by molar-refractivity contribution is 7.09. The Morgan fingerprint density at radius 1 is 1.35 bits per heavy atom. The van der Waals surface area contributed by atoms with Crippen molar-refractivity contribution in [2.45, 2.75) is 46.6 Å². The first-order valence-corrected chi connectivity index (χ1v) is 7.92. The number of thiazole rings is 1. The fourth-order valence-corrected chi connectivity index (χ4v) is 2.70. The van der Waals surface area contributed by atoms with Crippen LogP contribution in [0.15, 0.2) is 9.90 Å². The number of aromatic nitrogens is 3. The predicted molar refractivity (Wildman–Crippen MR) is 80.0 cm³/mol. The smallest absolute Gasteiger partial charge is 0.228 e. The molecule has 1 N–H and O–H groups in total. The average Bonchev–Trinajstić information content (AvgIpc) is 2.99. The van der Waals surface area contributed by atoms with Gasteiger partial charge in [-0.2, -0.15) is 4.98 Å². The van der Waals surface area contributed by atoms with Crippen molar-refractivity contribution in [3.05, 3.63) is 27.8 Å². The SMILES string of the molecule is CCNC(Cc1nc(Cc2csc(C)n2)no1)C(C)C. The zero-order chi connectivity index (χ0) is 14.5. The molecule has 2 aromatic heterocycles. The van der Waals surface area contributed by atoms with Gasteiger partial charge in [-0.05, 0) is 19.4 Å². The van der Waals surface area contributed by atoms with Crippen molar-refractivity contribution >= 4 is 11.3 Å². The molecule has 0 saturated heterocycles. The number of likely N-dealkylation sites (N-methyl/N-ethyl adjacent to an activating group) is 1. The van der Waals surface area contributed by atoms with Crippen molar-refractivity contribution in [1.29, 1.82) is 0 Å². The number of nitrogens with one attached hydrogen (secondary N) is 1. The molecule has 2 heterocycles. The van der Waals surface area contributed by atoms with Gasteiger partial charge in [0, 0.05) is 17.8 Å². The van der Waals surface area contributed by atoms with Crippen molar-refractivity contribution in [1.82, 2.24) is 20.4 Å². The van der Waals surface area contributed by atoms with Crippen LogP contribution in [-0.2, 0) is 12.8 Å². The second kappa shape index (κ2) is 6.95. The quantitative estimate of drug-likeness (QED) is 0.850. The molecule has 1 unspecified atom stereocenters. The summed E-state index contributed by atoms with van der Waals surface area (Å²) in [6.07, 6.45) is 1.41. The first-order chi connectivity index (χ1) is 9.58. The molecule has 0 aliphatic rings. The van der Waals surface area contributed by atoms with Gasteiger partial charge >= 0.3 is 0 Å². The summed E-state index contributed by atoms with van der Waals surface area (Å²) in [6.45, 7) is 9.45. The number of nitrogens with zero attached hydrogens (tertiary/aromatic N) is 3. The maximum absolute atomic E-state index is 5.35. The second-order valence-electron chi connectivity index (χ2n) is 5.25. The molecule has 0 saturated carbocycles. The molecular weight excluding hydrogens is 272 g/mol. The Morgan fingerprint density at radius 3 is 2.75 bits per heavy atom. The van der Waals surface area contributed by atoms with Crippen molar-refractivity contribution in [2.75, 3.05) is 6.54 Å². The number of hydrogen-bond acceptors (Lipinski definition) is 6. The minimum atomic E-state index is 0.370. The summed E-state index contributed by atoms with van der Waals surface area (Å²) in [5.41, 5.74) is 1.01. The Kier molecular flexibility index (Phi) is 5.25. The lowest BCUT2D eigenvalue weighted by atomic mass is 10.0. The lowest BCUT2D eigenvalue weighted by Gasteiger charge is -2.19. The van der Waals surface area contributed by atoms with Crippen LogP contribution in [0.5, 0.6) is 0 Å². The summed E-state index contributed by atoms with van der Waals surface area (Å²) < 4.78 is 5.35. The molecule has 5 nitrogen and oxygen atoms in total. The van der Waals surface area contributed by atoms with Crippen LogP contribution in [0.25, 0.3) is 0 Å². The van der Waals surface area contributed by atoms with Gasteiger partial charge in [0.1, 0.15) is 0 Å². The van der Waals surface area contributed by atoms with Crippen LogP contribution >= 0.6 is 11.3 Å². The first kappa shape index (κ1) is 15.1. The van der Waals surface area contributed by atoms with Gasteiger partial charge in [0.15, 0.2) is 5.82 Å². The van der Waals surface area contributed by atoms with Gasteiger partial charge in [-0.25, -0.2) is 4.98 Å². The van der Waals surface area contributed by atoms with Crippen LogP contribution in [0.2, 0.25) is 0 Å². The Hall–Kier alpha value is -1.27. The zero-order valence-corrected chi connectivity index (χ0v) is 13.3. The average molecular weight is 294 g/mol. The van der Waals surface area contributed by atoms with E-state index >= 15 is 0 Å². The van der Waals surface area contributed by atoms with E-state index in [0.29, 0.717) is 30.1 Å². The molecule has 20 heavy (non-hydrogen) atoms. The normalized spacial score (nSPS) is 13.1. The Labute approximate surface area is 123 Å². The van der Waals surface area contributed by atoms with Crippen LogP contribution in [0.3, 0.4) is 0 Å². The lowest BCUT2D eigenvalue weighted by molar-refractivity contribution is 0.327. The van der Waals surface area contributed by atoms with E-state index in [1.54, 1.807) is 11.3 Å². The van der Waals surface area contributed by atoms with Gasteiger partial charge < -0.3 is 9.84 Å². The molecule has 0 aromatic carbocycles. The topological polar surface area (TPSA) is 63.8 Å². The van der Waals surface area contributed by atoms with Crippen molar-refractivity contribution < 1.29 is 4.52 Å². The highest BCUT2D eigenvalue weighted by Gasteiger charge is 2.17. The van der Waals surface area contributed by atoms with Crippen LogP contribution in [0.1, 0.15) is 43.2 Å². The number of rotatable bonds is 7. The third-order valence-corrected chi connectivity index (χ3v) is 4.00. The van der Waals surface area contributed by atoms with Gasteiger partial charge in [0.05, 0.1) is 17.1 Å². The maximum Gasteiger partial charge on any atom is 0.228 e.